The van der Waals surface area contributed by atoms with Gasteiger partial charge in [0.05, 0.1) is 0 Å². The van der Waals surface area contributed by atoms with E-state index in [0.29, 0.717) is 6.54 Å². The average molecular weight is 324 g/mol. The SMILES string of the molecule is NCCc1nn2c(-c3ccccc3Br)nnc2s1. The fraction of sp³-hybridized carbons (Fsp3) is 0.182. The lowest BCUT2D eigenvalue weighted by atomic mass is 10.2. The zero-order valence-corrected chi connectivity index (χ0v) is 11.8. The summed E-state index contributed by atoms with van der Waals surface area (Å²) in [6, 6.07) is 7.90. The predicted octanol–water partition coefficient (Wildman–Crippen LogP) is 2.12. The maximum absolute atomic E-state index is 5.54. The molecular formula is C11H10BrN5S. The molecule has 7 heteroatoms. The first kappa shape index (κ1) is 11.8. The maximum atomic E-state index is 5.54. The van der Waals surface area contributed by atoms with E-state index >= 15 is 0 Å². The van der Waals surface area contributed by atoms with Gasteiger partial charge in [-0.25, -0.2) is 0 Å². The average Bonchev–Trinajstić information content (AvgIpc) is 2.90. The van der Waals surface area contributed by atoms with Crippen LogP contribution in [-0.4, -0.2) is 26.4 Å². The minimum absolute atomic E-state index is 0.592. The molecule has 3 aromatic rings. The summed E-state index contributed by atoms with van der Waals surface area (Å²) in [5.41, 5.74) is 6.52. The summed E-state index contributed by atoms with van der Waals surface area (Å²) in [5.74, 6) is 0.747. The van der Waals surface area contributed by atoms with E-state index < -0.39 is 0 Å². The molecule has 0 aliphatic rings. The van der Waals surface area contributed by atoms with Crippen molar-refractivity contribution in [3.8, 4) is 11.4 Å². The topological polar surface area (TPSA) is 69.1 Å². The molecule has 3 rings (SSSR count). The molecule has 0 bridgehead atoms. The minimum atomic E-state index is 0.592. The standard InChI is InChI=1S/C11H10BrN5S/c12-8-4-2-1-3-7(8)10-14-15-11-17(10)16-9(18-11)5-6-13/h1-4H,5-6,13H2. The van der Waals surface area contributed by atoms with Gasteiger partial charge in [-0.15, -0.1) is 10.2 Å². The lowest BCUT2D eigenvalue weighted by molar-refractivity contribution is 0.871. The van der Waals surface area contributed by atoms with E-state index in [1.807, 2.05) is 24.3 Å². The molecule has 92 valence electrons. The van der Waals surface area contributed by atoms with Gasteiger partial charge in [0.1, 0.15) is 5.01 Å². The summed E-state index contributed by atoms with van der Waals surface area (Å²) in [7, 11) is 0. The summed E-state index contributed by atoms with van der Waals surface area (Å²) in [6.45, 7) is 0.592. The number of benzene rings is 1. The number of rotatable bonds is 3. The third-order valence-corrected chi connectivity index (χ3v) is 4.16. The van der Waals surface area contributed by atoms with Gasteiger partial charge in [0.15, 0.2) is 5.82 Å². The van der Waals surface area contributed by atoms with Gasteiger partial charge in [-0.3, -0.25) is 0 Å². The molecule has 5 nitrogen and oxygen atoms in total. The Kier molecular flexibility index (Phi) is 3.11. The Bertz CT molecular complexity index is 690. The Morgan fingerprint density at radius 1 is 1.28 bits per heavy atom. The summed E-state index contributed by atoms with van der Waals surface area (Å²) in [6.07, 6.45) is 0.767. The molecule has 18 heavy (non-hydrogen) atoms. The third kappa shape index (κ3) is 1.94. The smallest absolute Gasteiger partial charge is 0.234 e. The molecule has 2 aromatic heterocycles. The molecule has 0 aliphatic carbocycles. The van der Waals surface area contributed by atoms with Crippen LogP contribution in [0.1, 0.15) is 5.01 Å². The van der Waals surface area contributed by atoms with Crippen molar-refractivity contribution in [2.24, 2.45) is 5.73 Å². The van der Waals surface area contributed by atoms with E-state index in [4.69, 9.17) is 5.73 Å². The van der Waals surface area contributed by atoms with E-state index in [1.54, 1.807) is 4.52 Å². The number of hydrogen-bond acceptors (Lipinski definition) is 5. The zero-order valence-electron chi connectivity index (χ0n) is 9.38. The largest absolute Gasteiger partial charge is 0.330 e. The summed E-state index contributed by atoms with van der Waals surface area (Å²) >= 11 is 5.04. The Hall–Kier alpha value is -1.31. The van der Waals surface area contributed by atoms with Crippen LogP contribution in [0.2, 0.25) is 0 Å². The fourth-order valence-corrected chi connectivity index (χ4v) is 3.00. The maximum Gasteiger partial charge on any atom is 0.234 e. The lowest BCUT2D eigenvalue weighted by Crippen LogP contribution is -2.03. The number of nitrogens with two attached hydrogens (primary N) is 1. The van der Waals surface area contributed by atoms with Gasteiger partial charge >= 0.3 is 0 Å². The van der Waals surface area contributed by atoms with Crippen LogP contribution in [-0.2, 0) is 6.42 Å². The van der Waals surface area contributed by atoms with Gasteiger partial charge in [-0.05, 0) is 18.7 Å². The molecule has 0 fully saturated rings. The first-order chi connectivity index (χ1) is 8.79. The van der Waals surface area contributed by atoms with Crippen molar-refractivity contribution >= 4 is 32.2 Å². The Morgan fingerprint density at radius 3 is 2.89 bits per heavy atom. The molecule has 2 heterocycles. The van der Waals surface area contributed by atoms with Crippen molar-refractivity contribution in [1.82, 2.24) is 19.8 Å². The molecule has 0 radical (unpaired) electrons. The molecular weight excluding hydrogens is 314 g/mol. The summed E-state index contributed by atoms with van der Waals surface area (Å²) < 4.78 is 2.75. The number of hydrogen-bond donors (Lipinski definition) is 1. The van der Waals surface area contributed by atoms with Gasteiger partial charge in [0.2, 0.25) is 4.96 Å². The molecule has 0 saturated heterocycles. The summed E-state index contributed by atoms with van der Waals surface area (Å²) in [4.78, 5) is 0.796. The highest BCUT2D eigenvalue weighted by Gasteiger charge is 2.14. The van der Waals surface area contributed by atoms with Crippen LogP contribution in [0, 0.1) is 0 Å². The molecule has 0 saturated carbocycles. The highest BCUT2D eigenvalue weighted by molar-refractivity contribution is 9.10. The van der Waals surface area contributed by atoms with Crippen LogP contribution < -0.4 is 5.73 Å². The van der Waals surface area contributed by atoms with Crippen LogP contribution >= 0.6 is 27.3 Å². The van der Waals surface area contributed by atoms with Crippen molar-refractivity contribution in [2.45, 2.75) is 6.42 Å². The first-order valence-electron chi connectivity index (χ1n) is 5.45. The molecule has 2 N–H and O–H groups in total. The van der Waals surface area contributed by atoms with Crippen LogP contribution in [0.3, 0.4) is 0 Å². The van der Waals surface area contributed by atoms with E-state index in [9.17, 15) is 0 Å². The zero-order chi connectivity index (χ0) is 12.5. The second-order valence-electron chi connectivity index (χ2n) is 3.73. The van der Waals surface area contributed by atoms with Gasteiger partial charge in [-0.1, -0.05) is 39.4 Å². The van der Waals surface area contributed by atoms with Crippen LogP contribution in [0.25, 0.3) is 16.3 Å². The predicted molar refractivity (Wildman–Crippen MR) is 74.6 cm³/mol. The second-order valence-corrected chi connectivity index (χ2v) is 5.63. The molecule has 0 aliphatic heterocycles. The van der Waals surface area contributed by atoms with Crippen molar-refractivity contribution in [3.63, 3.8) is 0 Å². The number of fused-ring (bicyclic) bond motifs is 1. The monoisotopic (exact) mass is 323 g/mol. The van der Waals surface area contributed by atoms with Gasteiger partial charge < -0.3 is 5.73 Å². The van der Waals surface area contributed by atoms with Crippen LogP contribution in [0.5, 0.6) is 0 Å². The third-order valence-electron chi connectivity index (χ3n) is 2.51. The van der Waals surface area contributed by atoms with E-state index in [2.05, 4.69) is 31.2 Å². The Balaban J connectivity index is 2.15. The molecule has 0 spiro atoms. The molecule has 0 atom stereocenters. The first-order valence-corrected chi connectivity index (χ1v) is 7.06. The van der Waals surface area contributed by atoms with Crippen LogP contribution in [0.4, 0.5) is 0 Å². The number of aromatic nitrogens is 4. The minimum Gasteiger partial charge on any atom is -0.330 e. The fourth-order valence-electron chi connectivity index (χ4n) is 1.69. The van der Waals surface area contributed by atoms with Crippen molar-refractivity contribution in [2.75, 3.05) is 6.54 Å². The molecule has 0 amide bonds. The van der Waals surface area contributed by atoms with Gasteiger partial charge in [0.25, 0.3) is 0 Å². The van der Waals surface area contributed by atoms with Crippen molar-refractivity contribution in [3.05, 3.63) is 33.7 Å². The normalized spacial score (nSPS) is 11.2. The van der Waals surface area contributed by atoms with Crippen molar-refractivity contribution in [1.29, 1.82) is 0 Å². The summed E-state index contributed by atoms with van der Waals surface area (Å²) in [5, 5.41) is 13.8. The molecule has 0 unspecified atom stereocenters. The van der Waals surface area contributed by atoms with Crippen LogP contribution in [0.15, 0.2) is 28.7 Å². The van der Waals surface area contributed by atoms with Crippen molar-refractivity contribution < 1.29 is 0 Å². The van der Waals surface area contributed by atoms with Gasteiger partial charge in [-0.2, -0.15) is 9.61 Å². The second kappa shape index (κ2) is 4.75. The number of halogens is 1. The molecule has 1 aromatic carbocycles. The van der Waals surface area contributed by atoms with E-state index in [-0.39, 0.29) is 0 Å². The Morgan fingerprint density at radius 2 is 2.11 bits per heavy atom. The van der Waals surface area contributed by atoms with Gasteiger partial charge in [0, 0.05) is 16.5 Å². The Labute approximate surface area is 116 Å². The number of nitrogens with zero attached hydrogens (tertiary/aromatic N) is 4. The van der Waals surface area contributed by atoms with E-state index in [1.165, 1.54) is 11.3 Å². The highest BCUT2D eigenvalue weighted by Crippen LogP contribution is 2.27. The lowest BCUT2D eigenvalue weighted by Gasteiger charge is -1.99. The highest BCUT2D eigenvalue weighted by atomic mass is 79.9. The van der Waals surface area contributed by atoms with E-state index in [0.717, 1.165) is 32.2 Å². The quantitative estimate of drug-likeness (QED) is 0.801.